The monoisotopic (exact) mass is 352 g/mol. The van der Waals surface area contributed by atoms with Crippen molar-refractivity contribution in [3.63, 3.8) is 0 Å². The quantitative estimate of drug-likeness (QED) is 0.732. The van der Waals surface area contributed by atoms with Crippen molar-refractivity contribution in [2.24, 2.45) is 22.0 Å². The van der Waals surface area contributed by atoms with E-state index >= 15 is 0 Å². The number of amides is 1. The van der Waals surface area contributed by atoms with Crippen LogP contribution in [-0.2, 0) is 15.0 Å². The summed E-state index contributed by atoms with van der Waals surface area (Å²) in [6, 6.07) is 5.00. The van der Waals surface area contributed by atoms with Crippen LogP contribution in [0.25, 0.3) is 0 Å². The lowest BCUT2D eigenvalue weighted by Gasteiger charge is -2.22. The number of carbonyl (C=O) groups is 1. The Morgan fingerprint density at radius 3 is 3.00 bits per heavy atom. The van der Waals surface area contributed by atoms with Crippen molar-refractivity contribution in [3.05, 3.63) is 23.8 Å². The highest BCUT2D eigenvalue weighted by Crippen LogP contribution is 2.34. The van der Waals surface area contributed by atoms with Gasteiger partial charge in [0.1, 0.15) is 5.75 Å². The predicted molar refractivity (Wildman–Crippen MR) is 90.1 cm³/mol. The number of nitrogens with two attached hydrogens (primary N) is 1. The number of benzene rings is 1. The molecule has 1 aromatic rings. The molecule has 0 saturated heterocycles. The minimum atomic E-state index is -3.81. The normalized spacial score (nSPS) is 24.5. The van der Waals surface area contributed by atoms with Gasteiger partial charge in [-0.25, -0.2) is 0 Å². The summed E-state index contributed by atoms with van der Waals surface area (Å²) in [6.45, 7) is 0.370. The number of hydrogen-bond donors (Lipinski definition) is 3. The lowest BCUT2D eigenvalue weighted by Crippen LogP contribution is -2.32. The van der Waals surface area contributed by atoms with Gasteiger partial charge in [0.05, 0.1) is 17.9 Å². The van der Waals surface area contributed by atoms with Crippen LogP contribution in [-0.4, -0.2) is 33.8 Å². The summed E-state index contributed by atoms with van der Waals surface area (Å²) in [5.74, 6) is 0.454. The van der Waals surface area contributed by atoms with Crippen LogP contribution < -0.4 is 20.5 Å². The largest absolute Gasteiger partial charge is 0.492 e. The Morgan fingerprint density at radius 1 is 1.46 bits per heavy atom. The third-order valence-electron chi connectivity index (χ3n) is 4.43. The van der Waals surface area contributed by atoms with E-state index in [4.69, 9.17) is 10.5 Å². The maximum Gasteiger partial charge on any atom is 0.344 e. The summed E-state index contributed by atoms with van der Waals surface area (Å²) in [5, 5.41) is 2.69. The van der Waals surface area contributed by atoms with E-state index in [0.29, 0.717) is 23.6 Å². The zero-order chi connectivity index (χ0) is 17.3. The molecule has 130 valence electrons. The third-order valence-corrected chi connectivity index (χ3v) is 5.35. The van der Waals surface area contributed by atoms with Crippen molar-refractivity contribution >= 4 is 27.6 Å². The fraction of sp³-hybridized carbons (Fsp3) is 0.467. The molecule has 9 heteroatoms. The van der Waals surface area contributed by atoms with Gasteiger partial charge in [-0.3, -0.25) is 9.52 Å². The Morgan fingerprint density at radius 2 is 2.25 bits per heavy atom. The van der Waals surface area contributed by atoms with Crippen molar-refractivity contribution in [1.29, 1.82) is 0 Å². The average Bonchev–Trinajstić information content (AvgIpc) is 2.99. The molecule has 1 unspecified atom stereocenters. The molecule has 4 N–H and O–H groups in total. The molecule has 0 spiro atoms. The van der Waals surface area contributed by atoms with E-state index in [9.17, 15) is 13.2 Å². The molecule has 8 nitrogen and oxygen atoms in total. The van der Waals surface area contributed by atoms with Crippen LogP contribution in [0.1, 0.15) is 24.8 Å². The van der Waals surface area contributed by atoms with E-state index in [-0.39, 0.29) is 23.6 Å². The number of ether oxygens (including phenoxy) is 1. The molecule has 1 fully saturated rings. The highest BCUT2D eigenvalue weighted by molar-refractivity contribution is 7.91. The number of fused-ring (bicyclic) bond motifs is 1. The molecule has 0 aromatic heterocycles. The number of nitrogens with zero attached hydrogens (tertiary/aromatic N) is 1. The summed E-state index contributed by atoms with van der Waals surface area (Å²) in [4.78, 5) is 11.9. The van der Waals surface area contributed by atoms with Crippen LogP contribution in [0.5, 0.6) is 5.75 Å². The molecular formula is C15H20N4O4S. The zero-order valence-corrected chi connectivity index (χ0v) is 14.1. The van der Waals surface area contributed by atoms with Gasteiger partial charge in [-0.05, 0) is 25.0 Å². The summed E-state index contributed by atoms with van der Waals surface area (Å²) >= 11 is 0. The Kier molecular flexibility index (Phi) is 4.35. The average molecular weight is 352 g/mol. The van der Waals surface area contributed by atoms with Gasteiger partial charge in [-0.2, -0.15) is 8.42 Å². The Hall–Kier alpha value is -2.29. The summed E-state index contributed by atoms with van der Waals surface area (Å²) in [7, 11) is -2.18. The Labute approximate surface area is 140 Å². The Balaban J connectivity index is 1.79. The Bertz CT molecular complexity index is 791. The van der Waals surface area contributed by atoms with Crippen LogP contribution in [0, 0.1) is 11.8 Å². The molecule has 3 rings (SSSR count). The predicted octanol–water partition coefficient (Wildman–Crippen LogP) is 0.603. The summed E-state index contributed by atoms with van der Waals surface area (Å²) in [6.07, 6.45) is 2.76. The van der Waals surface area contributed by atoms with E-state index in [1.54, 1.807) is 25.2 Å². The van der Waals surface area contributed by atoms with Gasteiger partial charge >= 0.3 is 10.2 Å². The lowest BCUT2D eigenvalue weighted by atomic mass is 9.96. The van der Waals surface area contributed by atoms with Crippen molar-refractivity contribution in [2.45, 2.75) is 19.3 Å². The fourth-order valence-corrected chi connectivity index (χ4v) is 4.15. The SMILES string of the molecule is CNC(=O)C1CCC[C@H]1COc1cccc2c1C(N)=NS(=O)(=O)N2. The molecule has 24 heavy (non-hydrogen) atoms. The van der Waals surface area contributed by atoms with Crippen molar-refractivity contribution < 1.29 is 17.9 Å². The van der Waals surface area contributed by atoms with Crippen LogP contribution >= 0.6 is 0 Å². The maximum atomic E-state index is 11.9. The molecule has 1 aromatic carbocycles. The molecule has 0 bridgehead atoms. The smallest absolute Gasteiger partial charge is 0.344 e. The molecule has 1 aliphatic heterocycles. The van der Waals surface area contributed by atoms with E-state index in [1.807, 2.05) is 0 Å². The molecule has 0 radical (unpaired) electrons. The highest BCUT2D eigenvalue weighted by atomic mass is 32.2. The molecule has 1 heterocycles. The number of hydrogen-bond acceptors (Lipinski definition) is 5. The van der Waals surface area contributed by atoms with E-state index in [1.165, 1.54) is 0 Å². The molecule has 2 aliphatic rings. The number of nitrogens with one attached hydrogen (secondary N) is 2. The zero-order valence-electron chi connectivity index (χ0n) is 13.3. The fourth-order valence-electron chi connectivity index (χ4n) is 3.30. The first-order chi connectivity index (χ1) is 11.4. The van der Waals surface area contributed by atoms with Crippen molar-refractivity contribution in [1.82, 2.24) is 5.32 Å². The highest BCUT2D eigenvalue weighted by Gasteiger charge is 2.33. The molecule has 2 atom stereocenters. The molecule has 1 aliphatic carbocycles. The van der Waals surface area contributed by atoms with Crippen LogP contribution in [0.4, 0.5) is 5.69 Å². The van der Waals surface area contributed by atoms with Gasteiger partial charge in [0.25, 0.3) is 0 Å². The van der Waals surface area contributed by atoms with Gasteiger partial charge in [0.15, 0.2) is 5.84 Å². The van der Waals surface area contributed by atoms with E-state index < -0.39 is 10.2 Å². The van der Waals surface area contributed by atoms with Gasteiger partial charge in [0.2, 0.25) is 5.91 Å². The number of rotatable bonds is 4. The first-order valence-corrected chi connectivity index (χ1v) is 9.21. The van der Waals surface area contributed by atoms with Gasteiger partial charge in [-0.1, -0.05) is 12.5 Å². The topological polar surface area (TPSA) is 123 Å². The van der Waals surface area contributed by atoms with Crippen LogP contribution in [0.15, 0.2) is 22.6 Å². The second-order valence-electron chi connectivity index (χ2n) is 5.96. The maximum absolute atomic E-state index is 11.9. The minimum absolute atomic E-state index is 0.0324. The first kappa shape index (κ1) is 16.6. The van der Waals surface area contributed by atoms with Gasteiger partial charge in [0, 0.05) is 18.9 Å². The molecule has 1 saturated carbocycles. The van der Waals surface area contributed by atoms with Crippen LogP contribution in [0.2, 0.25) is 0 Å². The van der Waals surface area contributed by atoms with Crippen molar-refractivity contribution in [3.8, 4) is 5.75 Å². The minimum Gasteiger partial charge on any atom is -0.492 e. The lowest BCUT2D eigenvalue weighted by molar-refractivity contribution is -0.125. The van der Waals surface area contributed by atoms with Crippen molar-refractivity contribution in [2.75, 3.05) is 18.4 Å². The number of amidine groups is 1. The van der Waals surface area contributed by atoms with E-state index in [0.717, 1.165) is 19.3 Å². The molecule has 1 amide bonds. The second-order valence-corrected chi connectivity index (χ2v) is 7.29. The second kappa shape index (κ2) is 6.31. The third kappa shape index (κ3) is 3.16. The van der Waals surface area contributed by atoms with E-state index in [2.05, 4.69) is 14.4 Å². The number of anilines is 1. The summed E-state index contributed by atoms with van der Waals surface area (Å²) < 4.78 is 34.9. The van der Waals surface area contributed by atoms with Gasteiger partial charge < -0.3 is 15.8 Å². The van der Waals surface area contributed by atoms with Crippen LogP contribution in [0.3, 0.4) is 0 Å². The summed E-state index contributed by atoms with van der Waals surface area (Å²) in [5.41, 5.74) is 6.56. The van der Waals surface area contributed by atoms with Gasteiger partial charge in [-0.15, -0.1) is 4.40 Å². The molecular weight excluding hydrogens is 332 g/mol. The standard InChI is InChI=1S/C15H20N4O4S/c1-17-15(20)10-5-2-4-9(10)8-23-12-7-3-6-11-13(12)14(16)19-24(21,22)18-11/h3,6-7,9-10,18H,2,4-5,8H2,1H3,(H2,16,19)(H,17,20)/t9-,10?/m0/s1. The number of carbonyl (C=O) groups excluding carboxylic acids is 1. The first-order valence-electron chi connectivity index (χ1n) is 7.77.